The van der Waals surface area contributed by atoms with Crippen LogP contribution in [-0.4, -0.2) is 10.1 Å². The van der Waals surface area contributed by atoms with Crippen LogP contribution in [0.4, 0.5) is 4.39 Å². The second kappa shape index (κ2) is 7.72. The van der Waals surface area contributed by atoms with Crippen LogP contribution in [0.2, 0.25) is 10.0 Å². The quantitative estimate of drug-likeness (QED) is 0.640. The number of aromatic nitrogens is 1. The molecule has 2 aromatic carbocycles. The van der Waals surface area contributed by atoms with E-state index in [-0.39, 0.29) is 0 Å². The molecule has 6 heteroatoms. The fourth-order valence-corrected chi connectivity index (χ4v) is 3.16. The molecule has 0 saturated heterocycles. The number of halogens is 3. The minimum Gasteiger partial charge on any atom is -0.386 e. The number of aliphatic hydroxyl groups is 1. The predicted octanol–water partition coefficient (Wildman–Crippen LogP) is 5.24. The van der Waals surface area contributed by atoms with Crippen LogP contribution in [0.3, 0.4) is 0 Å². The van der Waals surface area contributed by atoms with Gasteiger partial charge < -0.3 is 10.8 Å². The molecule has 1 heterocycles. The number of pyridine rings is 1. The molecule has 3 rings (SSSR count). The lowest BCUT2D eigenvalue weighted by Gasteiger charge is -2.22. The number of hydrogen-bond acceptors (Lipinski definition) is 3. The number of nitrogens with two attached hydrogens (primary N) is 1. The van der Waals surface area contributed by atoms with Crippen molar-refractivity contribution in [2.24, 2.45) is 5.73 Å². The molecule has 134 valence electrons. The Morgan fingerprint density at radius 1 is 1.00 bits per heavy atom. The second-order valence-corrected chi connectivity index (χ2v) is 6.92. The Balaban J connectivity index is 1.89. The van der Waals surface area contributed by atoms with E-state index < -0.39 is 18.0 Å². The Labute approximate surface area is 161 Å². The molecule has 0 saturated carbocycles. The van der Waals surface area contributed by atoms with Crippen molar-refractivity contribution in [3.63, 3.8) is 0 Å². The average molecular weight is 391 g/mol. The van der Waals surface area contributed by atoms with Crippen LogP contribution in [0.5, 0.6) is 0 Å². The molecule has 0 aliphatic heterocycles. The van der Waals surface area contributed by atoms with E-state index in [1.807, 2.05) is 19.1 Å². The number of benzene rings is 2. The lowest BCUT2D eigenvalue weighted by molar-refractivity contribution is 0.146. The minimum atomic E-state index is -0.924. The van der Waals surface area contributed by atoms with E-state index in [1.165, 1.54) is 6.07 Å². The Bertz CT molecular complexity index is 949. The molecular formula is C20H17Cl2FN2O. The predicted molar refractivity (Wildman–Crippen MR) is 103 cm³/mol. The number of aliphatic hydroxyl groups excluding tert-OH is 1. The third-order valence-corrected chi connectivity index (χ3v) is 5.03. The average Bonchev–Trinajstić information content (AvgIpc) is 2.62. The summed E-state index contributed by atoms with van der Waals surface area (Å²) in [4.78, 5) is 3.86. The third kappa shape index (κ3) is 3.89. The van der Waals surface area contributed by atoms with Crippen LogP contribution in [0.15, 0.2) is 54.9 Å². The van der Waals surface area contributed by atoms with E-state index in [2.05, 4.69) is 4.98 Å². The zero-order valence-corrected chi connectivity index (χ0v) is 15.5. The van der Waals surface area contributed by atoms with Gasteiger partial charge in [0, 0.05) is 11.8 Å². The fraction of sp³-hybridized carbons (Fsp3) is 0.150. The van der Waals surface area contributed by atoms with Crippen molar-refractivity contribution in [2.45, 2.75) is 19.1 Å². The van der Waals surface area contributed by atoms with Gasteiger partial charge in [0.1, 0.15) is 5.82 Å². The highest BCUT2D eigenvalue weighted by atomic mass is 35.5. The molecule has 1 aromatic heterocycles. The highest BCUT2D eigenvalue weighted by molar-refractivity contribution is 6.42. The number of nitrogens with zero attached hydrogens (tertiary/aromatic N) is 1. The van der Waals surface area contributed by atoms with Gasteiger partial charge in [-0.1, -0.05) is 47.5 Å². The molecule has 0 aliphatic rings. The first-order valence-electron chi connectivity index (χ1n) is 7.97. The van der Waals surface area contributed by atoms with E-state index in [4.69, 9.17) is 28.9 Å². The Morgan fingerprint density at radius 3 is 2.42 bits per heavy atom. The van der Waals surface area contributed by atoms with Crippen LogP contribution in [0.25, 0.3) is 11.1 Å². The Morgan fingerprint density at radius 2 is 1.77 bits per heavy atom. The van der Waals surface area contributed by atoms with Crippen molar-refractivity contribution in [2.75, 3.05) is 0 Å². The van der Waals surface area contributed by atoms with Crippen LogP contribution in [-0.2, 0) is 0 Å². The Kier molecular flexibility index (Phi) is 5.58. The zero-order chi connectivity index (χ0) is 18.8. The maximum Gasteiger partial charge on any atom is 0.142 e. The first-order chi connectivity index (χ1) is 12.4. The number of aryl methyl sites for hydroxylation is 1. The topological polar surface area (TPSA) is 59.1 Å². The van der Waals surface area contributed by atoms with E-state index in [0.29, 0.717) is 26.7 Å². The molecule has 0 fully saturated rings. The summed E-state index contributed by atoms with van der Waals surface area (Å²) in [6.07, 6.45) is 1.83. The summed E-state index contributed by atoms with van der Waals surface area (Å²) in [5.41, 5.74) is 9.92. The van der Waals surface area contributed by atoms with E-state index in [0.717, 1.165) is 17.3 Å². The summed E-state index contributed by atoms with van der Waals surface area (Å²) in [5.74, 6) is -0.397. The van der Waals surface area contributed by atoms with Gasteiger partial charge in [0.05, 0.1) is 28.4 Å². The summed E-state index contributed by atoms with van der Waals surface area (Å²) < 4.78 is 13.4. The molecule has 3 N–H and O–H groups in total. The van der Waals surface area contributed by atoms with Crippen molar-refractivity contribution in [1.82, 2.24) is 4.98 Å². The van der Waals surface area contributed by atoms with Crippen molar-refractivity contribution in [1.29, 1.82) is 0 Å². The summed E-state index contributed by atoms with van der Waals surface area (Å²) in [6.45, 7) is 1.87. The smallest absolute Gasteiger partial charge is 0.142 e. The second-order valence-electron chi connectivity index (χ2n) is 6.11. The van der Waals surface area contributed by atoms with Crippen LogP contribution >= 0.6 is 23.2 Å². The highest BCUT2D eigenvalue weighted by Gasteiger charge is 2.21. The van der Waals surface area contributed by atoms with Gasteiger partial charge in [-0.3, -0.25) is 4.98 Å². The van der Waals surface area contributed by atoms with Crippen LogP contribution in [0, 0.1) is 12.7 Å². The van der Waals surface area contributed by atoms with Crippen molar-refractivity contribution >= 4 is 23.2 Å². The zero-order valence-electron chi connectivity index (χ0n) is 14.0. The SMILES string of the molecule is Cc1cc(-c2cncc(F)c2)ccc1[C@@H](O)[C@@H](N)c1ccc(Cl)c(Cl)c1. The van der Waals surface area contributed by atoms with E-state index >= 15 is 0 Å². The van der Waals surface area contributed by atoms with Gasteiger partial charge in [0.15, 0.2) is 0 Å². The minimum absolute atomic E-state index is 0.387. The van der Waals surface area contributed by atoms with Crippen molar-refractivity contribution in [3.8, 4) is 11.1 Å². The maximum absolute atomic E-state index is 13.4. The van der Waals surface area contributed by atoms with Crippen LogP contribution in [0.1, 0.15) is 28.8 Å². The Hall–Kier alpha value is -1.98. The monoisotopic (exact) mass is 390 g/mol. The fourth-order valence-electron chi connectivity index (χ4n) is 2.85. The molecular weight excluding hydrogens is 374 g/mol. The van der Waals surface area contributed by atoms with Crippen LogP contribution < -0.4 is 5.73 Å². The molecule has 0 aliphatic carbocycles. The molecule has 2 atom stereocenters. The van der Waals surface area contributed by atoms with Gasteiger partial charge in [-0.2, -0.15) is 0 Å². The van der Waals surface area contributed by atoms with Gasteiger partial charge in [-0.15, -0.1) is 0 Å². The lowest BCUT2D eigenvalue weighted by Crippen LogP contribution is -2.20. The highest BCUT2D eigenvalue weighted by Crippen LogP contribution is 2.33. The lowest BCUT2D eigenvalue weighted by atomic mass is 9.92. The molecule has 0 spiro atoms. The van der Waals surface area contributed by atoms with Gasteiger partial charge in [0.2, 0.25) is 0 Å². The number of hydrogen-bond donors (Lipinski definition) is 2. The van der Waals surface area contributed by atoms with E-state index in [9.17, 15) is 9.50 Å². The summed E-state index contributed by atoms with van der Waals surface area (Å²) in [6, 6.07) is 11.3. The van der Waals surface area contributed by atoms with Crippen molar-refractivity contribution < 1.29 is 9.50 Å². The maximum atomic E-state index is 13.4. The molecule has 0 unspecified atom stereocenters. The summed E-state index contributed by atoms with van der Waals surface area (Å²) >= 11 is 12.0. The van der Waals surface area contributed by atoms with Crippen molar-refractivity contribution in [3.05, 3.63) is 87.4 Å². The summed E-state index contributed by atoms with van der Waals surface area (Å²) in [7, 11) is 0. The van der Waals surface area contributed by atoms with Gasteiger partial charge in [-0.05, 0) is 47.4 Å². The van der Waals surface area contributed by atoms with Gasteiger partial charge in [-0.25, -0.2) is 4.39 Å². The van der Waals surface area contributed by atoms with E-state index in [1.54, 1.807) is 30.5 Å². The molecule has 0 radical (unpaired) electrons. The first kappa shape index (κ1) is 18.8. The molecule has 3 nitrogen and oxygen atoms in total. The molecule has 3 aromatic rings. The third-order valence-electron chi connectivity index (χ3n) is 4.30. The molecule has 0 bridgehead atoms. The van der Waals surface area contributed by atoms with Gasteiger partial charge >= 0.3 is 0 Å². The molecule has 26 heavy (non-hydrogen) atoms. The summed E-state index contributed by atoms with van der Waals surface area (Å²) in [5, 5.41) is 11.5. The largest absolute Gasteiger partial charge is 0.386 e. The normalized spacial score (nSPS) is 13.5. The van der Waals surface area contributed by atoms with Gasteiger partial charge in [0.25, 0.3) is 0 Å². The molecule has 0 amide bonds. The standard InChI is InChI=1S/C20H17Cl2FN2O/c1-11-6-12(14-7-15(23)10-25-9-14)2-4-16(11)20(26)19(24)13-3-5-17(21)18(22)8-13/h2-10,19-20,26H,24H2,1H3/t19-,20+/m0/s1. The number of rotatable bonds is 4. The first-order valence-corrected chi connectivity index (χ1v) is 8.72.